The van der Waals surface area contributed by atoms with Crippen LogP contribution in [0.1, 0.15) is 23.1 Å². The van der Waals surface area contributed by atoms with Gasteiger partial charge in [-0.1, -0.05) is 6.07 Å². The van der Waals surface area contributed by atoms with Gasteiger partial charge in [-0.25, -0.2) is 0 Å². The van der Waals surface area contributed by atoms with Crippen LogP contribution in [0.25, 0.3) is 0 Å². The molecular formula is C15H26N2O2. The molecule has 0 bridgehead atoms. The number of aliphatic hydroxyl groups excluding tert-OH is 1. The zero-order valence-corrected chi connectivity index (χ0v) is 12.7. The highest BCUT2D eigenvalue weighted by molar-refractivity contribution is 5.67. The van der Waals surface area contributed by atoms with E-state index in [1.807, 2.05) is 11.9 Å². The van der Waals surface area contributed by atoms with Crippen molar-refractivity contribution in [3.63, 3.8) is 0 Å². The Labute approximate surface area is 116 Å². The van der Waals surface area contributed by atoms with Crippen LogP contribution in [0.2, 0.25) is 0 Å². The Bertz CT molecular complexity index is 433. The van der Waals surface area contributed by atoms with Crippen molar-refractivity contribution in [3.05, 3.63) is 22.8 Å². The number of likely N-dealkylation sites (N-methyl/N-ethyl adjacent to an activating group) is 1. The number of aryl methyl sites for hydroxylation is 2. The van der Waals surface area contributed by atoms with Crippen LogP contribution in [0.4, 0.5) is 5.69 Å². The number of hydrogen-bond donors (Lipinski definition) is 2. The molecule has 0 fully saturated rings. The Morgan fingerprint density at radius 1 is 1.32 bits per heavy atom. The van der Waals surface area contributed by atoms with Crippen LogP contribution in [-0.2, 0) is 0 Å². The van der Waals surface area contributed by atoms with E-state index in [9.17, 15) is 5.11 Å². The third-order valence-electron chi connectivity index (χ3n) is 3.52. The number of methoxy groups -OCH3 is 1. The van der Waals surface area contributed by atoms with Crippen LogP contribution in [0, 0.1) is 20.8 Å². The number of nitrogens with two attached hydrogens (primary N) is 1. The highest BCUT2D eigenvalue weighted by atomic mass is 16.5. The van der Waals surface area contributed by atoms with E-state index in [4.69, 9.17) is 10.5 Å². The molecule has 0 aliphatic rings. The fourth-order valence-corrected chi connectivity index (χ4v) is 2.45. The van der Waals surface area contributed by atoms with Gasteiger partial charge in [0.2, 0.25) is 0 Å². The fraction of sp³-hybridized carbons (Fsp3) is 0.600. The van der Waals surface area contributed by atoms with E-state index >= 15 is 0 Å². The van der Waals surface area contributed by atoms with Gasteiger partial charge in [0.1, 0.15) is 5.75 Å². The molecule has 0 heterocycles. The molecule has 0 aliphatic carbocycles. The summed E-state index contributed by atoms with van der Waals surface area (Å²) in [6, 6.07) is 2.15. The van der Waals surface area contributed by atoms with Gasteiger partial charge >= 0.3 is 0 Å². The van der Waals surface area contributed by atoms with Crippen molar-refractivity contribution in [3.8, 4) is 5.75 Å². The molecule has 0 saturated carbocycles. The zero-order chi connectivity index (χ0) is 14.6. The molecule has 4 nitrogen and oxygen atoms in total. The molecule has 1 aromatic carbocycles. The summed E-state index contributed by atoms with van der Waals surface area (Å²) in [5.41, 5.74) is 10.0. The second-order valence-electron chi connectivity index (χ2n) is 5.13. The molecule has 1 rings (SSSR count). The van der Waals surface area contributed by atoms with E-state index in [1.165, 1.54) is 5.56 Å². The van der Waals surface area contributed by atoms with Gasteiger partial charge in [-0.3, -0.25) is 0 Å². The summed E-state index contributed by atoms with van der Waals surface area (Å²) in [6.07, 6.45) is 0.192. The lowest BCUT2D eigenvalue weighted by Gasteiger charge is -2.27. The summed E-state index contributed by atoms with van der Waals surface area (Å²) < 4.78 is 5.55. The van der Waals surface area contributed by atoms with Gasteiger partial charge in [0.25, 0.3) is 0 Å². The summed E-state index contributed by atoms with van der Waals surface area (Å²) in [7, 11) is 3.66. The molecule has 3 N–H and O–H groups in total. The second kappa shape index (κ2) is 6.78. The van der Waals surface area contributed by atoms with E-state index in [1.54, 1.807) is 7.11 Å². The van der Waals surface area contributed by atoms with Crippen molar-refractivity contribution < 1.29 is 9.84 Å². The predicted octanol–water partition coefficient (Wildman–Crippen LogP) is 1.77. The van der Waals surface area contributed by atoms with Gasteiger partial charge in [-0.2, -0.15) is 0 Å². The maximum atomic E-state index is 9.90. The fourth-order valence-electron chi connectivity index (χ4n) is 2.45. The number of ether oxygens (including phenoxy) is 1. The van der Waals surface area contributed by atoms with E-state index in [0.717, 1.165) is 22.6 Å². The normalized spacial score (nSPS) is 12.4. The van der Waals surface area contributed by atoms with Gasteiger partial charge in [0.15, 0.2) is 0 Å². The molecule has 108 valence electrons. The highest BCUT2D eigenvalue weighted by Crippen LogP contribution is 2.36. The first kappa shape index (κ1) is 15.8. The monoisotopic (exact) mass is 266 g/mol. The molecular weight excluding hydrogens is 240 g/mol. The van der Waals surface area contributed by atoms with E-state index in [-0.39, 0.29) is 0 Å². The SMILES string of the molecule is COc1c(C)c(C)cc(C)c1N(C)CC(O)CCN. The molecule has 0 spiro atoms. The first-order chi connectivity index (χ1) is 8.92. The van der Waals surface area contributed by atoms with Crippen LogP contribution in [0.5, 0.6) is 5.75 Å². The Morgan fingerprint density at radius 3 is 2.47 bits per heavy atom. The molecule has 1 atom stereocenters. The molecule has 0 amide bonds. The number of rotatable bonds is 6. The molecule has 0 radical (unpaired) electrons. The lowest BCUT2D eigenvalue weighted by molar-refractivity contribution is 0.174. The number of hydrogen-bond acceptors (Lipinski definition) is 4. The maximum absolute atomic E-state index is 9.90. The molecule has 1 unspecified atom stereocenters. The van der Waals surface area contributed by atoms with Crippen molar-refractivity contribution in [2.45, 2.75) is 33.3 Å². The van der Waals surface area contributed by atoms with Gasteiger partial charge in [-0.05, 0) is 50.4 Å². The summed E-state index contributed by atoms with van der Waals surface area (Å²) in [4.78, 5) is 2.04. The van der Waals surface area contributed by atoms with Crippen molar-refractivity contribution in [1.82, 2.24) is 0 Å². The first-order valence-corrected chi connectivity index (χ1v) is 6.66. The number of benzene rings is 1. The predicted molar refractivity (Wildman–Crippen MR) is 80.2 cm³/mol. The average molecular weight is 266 g/mol. The molecule has 0 aromatic heterocycles. The summed E-state index contributed by atoms with van der Waals surface area (Å²) in [5, 5.41) is 9.90. The van der Waals surface area contributed by atoms with Crippen molar-refractivity contribution in [2.75, 3.05) is 32.1 Å². The highest BCUT2D eigenvalue weighted by Gasteiger charge is 2.17. The van der Waals surface area contributed by atoms with E-state index in [0.29, 0.717) is 19.5 Å². The van der Waals surface area contributed by atoms with E-state index in [2.05, 4.69) is 26.8 Å². The molecule has 19 heavy (non-hydrogen) atoms. The number of anilines is 1. The Morgan fingerprint density at radius 2 is 1.95 bits per heavy atom. The zero-order valence-electron chi connectivity index (χ0n) is 12.7. The minimum absolute atomic E-state index is 0.416. The smallest absolute Gasteiger partial charge is 0.145 e. The Balaban J connectivity index is 3.08. The van der Waals surface area contributed by atoms with Gasteiger partial charge in [0.05, 0.1) is 18.9 Å². The minimum atomic E-state index is -0.416. The quantitative estimate of drug-likeness (QED) is 0.824. The maximum Gasteiger partial charge on any atom is 0.145 e. The van der Waals surface area contributed by atoms with Gasteiger partial charge < -0.3 is 20.5 Å². The van der Waals surface area contributed by atoms with Crippen molar-refractivity contribution >= 4 is 5.69 Å². The summed E-state index contributed by atoms with van der Waals surface area (Å²) in [6.45, 7) is 7.25. The van der Waals surface area contributed by atoms with Crippen LogP contribution >= 0.6 is 0 Å². The molecule has 4 heteroatoms. The standard InChI is InChI=1S/C15H26N2O2/c1-10-8-11(2)14(15(19-5)12(10)3)17(4)9-13(18)6-7-16/h8,13,18H,6-7,9,16H2,1-5H3. The Hall–Kier alpha value is -1.26. The van der Waals surface area contributed by atoms with Gasteiger partial charge in [0, 0.05) is 13.6 Å². The first-order valence-electron chi connectivity index (χ1n) is 6.66. The van der Waals surface area contributed by atoms with Crippen LogP contribution in [0.15, 0.2) is 6.07 Å². The third-order valence-corrected chi connectivity index (χ3v) is 3.52. The Kier molecular flexibility index (Phi) is 5.63. The molecule has 0 aliphatic heterocycles. The molecule has 1 aromatic rings. The number of aliphatic hydroxyl groups is 1. The molecule has 0 saturated heterocycles. The van der Waals surface area contributed by atoms with Gasteiger partial charge in [-0.15, -0.1) is 0 Å². The van der Waals surface area contributed by atoms with E-state index < -0.39 is 6.10 Å². The number of nitrogens with zero attached hydrogens (tertiary/aromatic N) is 1. The summed E-state index contributed by atoms with van der Waals surface area (Å²) in [5.74, 6) is 0.889. The van der Waals surface area contributed by atoms with Crippen LogP contribution in [0.3, 0.4) is 0 Å². The van der Waals surface area contributed by atoms with Crippen molar-refractivity contribution in [1.29, 1.82) is 0 Å². The van der Waals surface area contributed by atoms with Crippen molar-refractivity contribution in [2.24, 2.45) is 5.73 Å². The summed E-state index contributed by atoms with van der Waals surface area (Å²) >= 11 is 0. The largest absolute Gasteiger partial charge is 0.494 e. The van der Waals surface area contributed by atoms with Crippen LogP contribution in [-0.4, -0.2) is 38.5 Å². The lowest BCUT2D eigenvalue weighted by atomic mass is 10.0. The third kappa shape index (κ3) is 3.61. The second-order valence-corrected chi connectivity index (χ2v) is 5.13. The topological polar surface area (TPSA) is 58.7 Å². The van der Waals surface area contributed by atoms with Crippen LogP contribution < -0.4 is 15.4 Å². The average Bonchev–Trinajstić information content (AvgIpc) is 2.33. The minimum Gasteiger partial charge on any atom is -0.494 e. The lowest BCUT2D eigenvalue weighted by Crippen LogP contribution is -2.31.